The van der Waals surface area contributed by atoms with Crippen LogP contribution in [0.1, 0.15) is 62.9 Å². The maximum atomic E-state index is 12.8. The number of para-hydroxylation sites is 2. The molecule has 0 fully saturated rings. The zero-order valence-corrected chi connectivity index (χ0v) is 18.4. The Morgan fingerprint density at radius 1 is 1.03 bits per heavy atom. The molecule has 0 aliphatic rings. The summed E-state index contributed by atoms with van der Waals surface area (Å²) in [6.07, 6.45) is 3.16. The number of amides is 2. The van der Waals surface area contributed by atoms with Crippen LogP contribution in [0.5, 0.6) is 0 Å². The minimum Gasteiger partial charge on any atom is -0.324 e. The lowest BCUT2D eigenvalue weighted by Gasteiger charge is -2.22. The molecule has 30 heavy (non-hydrogen) atoms. The number of anilines is 1. The number of carbonyl (C=O) groups is 2. The van der Waals surface area contributed by atoms with E-state index in [1.54, 1.807) is 24.0 Å². The molecule has 6 nitrogen and oxygen atoms in total. The molecule has 0 unspecified atom stereocenters. The molecule has 3 aromatic rings. The monoisotopic (exact) mass is 408 g/mol. The highest BCUT2D eigenvalue weighted by Crippen LogP contribution is 2.15. The largest absolute Gasteiger partial charge is 0.324 e. The van der Waals surface area contributed by atoms with Gasteiger partial charge in [-0.1, -0.05) is 70.0 Å². The van der Waals surface area contributed by atoms with E-state index in [0.29, 0.717) is 24.6 Å². The van der Waals surface area contributed by atoms with Crippen LogP contribution in [0.15, 0.2) is 48.5 Å². The Balaban J connectivity index is 0.00000101. The fraction of sp³-hybridized carbons (Fsp3) is 0.375. The molecular weight excluding hydrogens is 376 g/mol. The number of ketones is 1. The van der Waals surface area contributed by atoms with Crippen molar-refractivity contribution in [3.8, 4) is 0 Å². The Morgan fingerprint density at radius 2 is 1.70 bits per heavy atom. The Bertz CT molecular complexity index is 914. The van der Waals surface area contributed by atoms with Crippen molar-refractivity contribution < 1.29 is 9.59 Å². The minimum atomic E-state index is -0.196. The van der Waals surface area contributed by atoms with E-state index in [0.717, 1.165) is 29.4 Å². The Morgan fingerprint density at radius 3 is 2.30 bits per heavy atom. The summed E-state index contributed by atoms with van der Waals surface area (Å²) in [6.45, 7) is 9.02. The van der Waals surface area contributed by atoms with Crippen LogP contribution in [-0.4, -0.2) is 33.2 Å². The number of carbonyl (C=O) groups excluding carboxylic acids is 2. The summed E-state index contributed by atoms with van der Waals surface area (Å²) in [4.78, 5) is 33.5. The zero-order chi connectivity index (χ0) is 21.9. The normalized spacial score (nSPS) is 10.3. The number of urea groups is 1. The number of hydrogen-bond acceptors (Lipinski definition) is 3. The molecule has 0 aliphatic heterocycles. The molecule has 2 amide bonds. The van der Waals surface area contributed by atoms with Crippen molar-refractivity contribution in [1.29, 1.82) is 0 Å². The van der Waals surface area contributed by atoms with Gasteiger partial charge in [-0.3, -0.25) is 10.1 Å². The molecule has 6 heteroatoms. The van der Waals surface area contributed by atoms with Gasteiger partial charge in [0.05, 0.1) is 11.0 Å². The summed E-state index contributed by atoms with van der Waals surface area (Å²) < 4.78 is 0. The summed E-state index contributed by atoms with van der Waals surface area (Å²) in [7, 11) is 0. The molecule has 0 spiro atoms. The van der Waals surface area contributed by atoms with Crippen LogP contribution >= 0.6 is 0 Å². The van der Waals surface area contributed by atoms with Crippen molar-refractivity contribution >= 4 is 28.8 Å². The highest BCUT2D eigenvalue weighted by molar-refractivity contribution is 5.94. The molecule has 0 bridgehead atoms. The van der Waals surface area contributed by atoms with E-state index in [-0.39, 0.29) is 11.8 Å². The quantitative estimate of drug-likeness (QED) is 0.470. The number of nitrogens with zero attached hydrogens (tertiary/aromatic N) is 2. The summed E-state index contributed by atoms with van der Waals surface area (Å²) in [5.41, 5.74) is 3.35. The van der Waals surface area contributed by atoms with Crippen molar-refractivity contribution in [2.75, 3.05) is 11.9 Å². The molecule has 0 saturated carbocycles. The number of H-pyrrole nitrogens is 1. The first-order valence-corrected chi connectivity index (χ1v) is 10.6. The topological polar surface area (TPSA) is 78.1 Å². The standard InChI is InChI=1S/C21H24N4O2.C3H8/c1-3-4-13-25(14-16-9-11-17(12-10-16)15(2)26)21(27)24-20-22-18-7-5-6-8-19(18)23-20;1-3-2/h5-12H,3-4,13-14H2,1-2H3,(H2,22,23,24,27);3H2,1-2H3. The number of fused-ring (bicyclic) bond motifs is 1. The van der Waals surface area contributed by atoms with Crippen LogP contribution in [0, 0.1) is 0 Å². The van der Waals surface area contributed by atoms with Crippen LogP contribution in [-0.2, 0) is 6.54 Å². The van der Waals surface area contributed by atoms with Crippen LogP contribution in [0.3, 0.4) is 0 Å². The van der Waals surface area contributed by atoms with E-state index in [1.807, 2.05) is 36.4 Å². The highest BCUT2D eigenvalue weighted by atomic mass is 16.2. The summed E-state index contributed by atoms with van der Waals surface area (Å²) in [5.74, 6) is 0.474. The van der Waals surface area contributed by atoms with Gasteiger partial charge in [0.1, 0.15) is 0 Å². The van der Waals surface area contributed by atoms with E-state index >= 15 is 0 Å². The van der Waals surface area contributed by atoms with Gasteiger partial charge in [-0.25, -0.2) is 9.78 Å². The number of aromatic nitrogens is 2. The first kappa shape index (κ1) is 23.1. The van der Waals surface area contributed by atoms with Gasteiger partial charge in [0, 0.05) is 18.7 Å². The van der Waals surface area contributed by atoms with Crippen molar-refractivity contribution in [2.24, 2.45) is 0 Å². The second-order valence-electron chi connectivity index (χ2n) is 7.27. The number of hydrogen-bond donors (Lipinski definition) is 2. The van der Waals surface area contributed by atoms with Gasteiger partial charge in [-0.05, 0) is 31.0 Å². The predicted octanol–water partition coefficient (Wildman–Crippen LogP) is 6.02. The summed E-state index contributed by atoms with van der Waals surface area (Å²) >= 11 is 0. The second-order valence-corrected chi connectivity index (χ2v) is 7.27. The molecule has 0 saturated heterocycles. The van der Waals surface area contributed by atoms with Crippen molar-refractivity contribution in [3.05, 3.63) is 59.7 Å². The third kappa shape index (κ3) is 6.72. The van der Waals surface area contributed by atoms with Gasteiger partial charge in [-0.2, -0.15) is 0 Å². The molecule has 3 rings (SSSR count). The number of unbranched alkanes of at least 4 members (excludes halogenated alkanes) is 1. The Labute approximate surface area is 178 Å². The van der Waals surface area contributed by atoms with Crippen molar-refractivity contribution in [2.45, 2.75) is 53.5 Å². The number of aromatic amines is 1. The maximum absolute atomic E-state index is 12.8. The molecule has 0 atom stereocenters. The highest BCUT2D eigenvalue weighted by Gasteiger charge is 2.15. The lowest BCUT2D eigenvalue weighted by molar-refractivity contribution is 0.101. The SMILES string of the molecule is CCC.CCCCN(Cc1ccc(C(C)=O)cc1)C(=O)Nc1nc2ccccc2[nH]1. The maximum Gasteiger partial charge on any atom is 0.324 e. The number of nitrogens with one attached hydrogen (secondary N) is 2. The Kier molecular flexibility index (Phi) is 9.06. The van der Waals surface area contributed by atoms with Gasteiger partial charge in [0.15, 0.2) is 5.78 Å². The van der Waals surface area contributed by atoms with E-state index in [2.05, 4.69) is 36.1 Å². The lowest BCUT2D eigenvalue weighted by atomic mass is 10.1. The van der Waals surface area contributed by atoms with Gasteiger partial charge in [0.2, 0.25) is 5.95 Å². The zero-order valence-electron chi connectivity index (χ0n) is 18.4. The first-order valence-electron chi connectivity index (χ1n) is 10.6. The third-order valence-corrected chi connectivity index (χ3v) is 4.42. The molecule has 2 aromatic carbocycles. The van der Waals surface area contributed by atoms with Gasteiger partial charge >= 0.3 is 6.03 Å². The van der Waals surface area contributed by atoms with E-state index in [1.165, 1.54) is 6.42 Å². The third-order valence-electron chi connectivity index (χ3n) is 4.42. The van der Waals surface area contributed by atoms with Gasteiger partial charge < -0.3 is 9.88 Å². The molecule has 1 heterocycles. The lowest BCUT2D eigenvalue weighted by Crippen LogP contribution is -2.35. The first-order chi connectivity index (χ1) is 14.5. The number of rotatable bonds is 7. The van der Waals surface area contributed by atoms with Gasteiger partial charge in [-0.15, -0.1) is 0 Å². The van der Waals surface area contributed by atoms with Crippen LogP contribution in [0.2, 0.25) is 0 Å². The van der Waals surface area contributed by atoms with Crippen molar-refractivity contribution in [1.82, 2.24) is 14.9 Å². The van der Waals surface area contributed by atoms with E-state index in [9.17, 15) is 9.59 Å². The number of Topliss-reactive ketones (excluding diaryl/α,β-unsaturated/α-hetero) is 1. The van der Waals surface area contributed by atoms with Gasteiger partial charge in [0.25, 0.3) is 0 Å². The fourth-order valence-electron chi connectivity index (χ4n) is 2.86. The molecule has 0 aliphatic carbocycles. The predicted molar refractivity (Wildman–Crippen MR) is 123 cm³/mol. The van der Waals surface area contributed by atoms with Crippen LogP contribution in [0.4, 0.5) is 10.7 Å². The number of benzene rings is 2. The van der Waals surface area contributed by atoms with Crippen LogP contribution in [0.25, 0.3) is 11.0 Å². The van der Waals surface area contributed by atoms with E-state index < -0.39 is 0 Å². The van der Waals surface area contributed by atoms with E-state index in [4.69, 9.17) is 0 Å². The minimum absolute atomic E-state index is 0.0343. The molecule has 160 valence electrons. The number of imidazole rings is 1. The molecular formula is C24H32N4O2. The smallest absolute Gasteiger partial charge is 0.324 e. The average Bonchev–Trinajstić information content (AvgIpc) is 3.14. The summed E-state index contributed by atoms with van der Waals surface area (Å²) in [5, 5.41) is 2.86. The Hall–Kier alpha value is -3.15. The fourth-order valence-corrected chi connectivity index (χ4v) is 2.86. The second kappa shape index (κ2) is 11.8. The molecule has 0 radical (unpaired) electrons. The molecule has 2 N–H and O–H groups in total. The van der Waals surface area contributed by atoms with Crippen molar-refractivity contribution in [3.63, 3.8) is 0 Å². The average molecular weight is 409 g/mol. The van der Waals surface area contributed by atoms with Crippen LogP contribution < -0.4 is 5.32 Å². The summed E-state index contributed by atoms with van der Waals surface area (Å²) in [6, 6.07) is 14.8. The molecule has 1 aromatic heterocycles.